The Labute approximate surface area is 301 Å². The van der Waals surface area contributed by atoms with Gasteiger partial charge in [0, 0.05) is 61.0 Å². The maximum absolute atomic E-state index is 6.11. The molecule has 0 fully saturated rings. The van der Waals surface area contributed by atoms with Crippen molar-refractivity contribution < 1.29 is 4.42 Å². The van der Waals surface area contributed by atoms with Gasteiger partial charge in [-0.25, -0.2) is 15.0 Å². The lowest BCUT2D eigenvalue weighted by Crippen LogP contribution is -2.00. The smallest absolute Gasteiger partial charge is 0.161 e. The fourth-order valence-corrected chi connectivity index (χ4v) is 8.31. The molecule has 0 spiro atoms. The first-order chi connectivity index (χ1) is 26.3. The van der Waals surface area contributed by atoms with E-state index in [0.29, 0.717) is 5.82 Å². The van der Waals surface area contributed by atoms with Gasteiger partial charge in [0.05, 0.1) is 33.1 Å². The van der Waals surface area contributed by atoms with Crippen LogP contribution in [0.3, 0.4) is 0 Å². The second-order valence-corrected chi connectivity index (χ2v) is 13.5. The molecule has 7 heteroatoms. The van der Waals surface area contributed by atoms with Crippen LogP contribution in [0.5, 0.6) is 0 Å². The van der Waals surface area contributed by atoms with Crippen LogP contribution in [0.15, 0.2) is 162 Å². The van der Waals surface area contributed by atoms with E-state index in [9.17, 15) is 0 Å². The van der Waals surface area contributed by atoms with Crippen LogP contribution in [-0.4, -0.2) is 29.1 Å². The number of para-hydroxylation sites is 3. The highest BCUT2D eigenvalue weighted by molar-refractivity contribution is 6.26. The quantitative estimate of drug-likeness (QED) is 0.174. The van der Waals surface area contributed by atoms with Gasteiger partial charge in [0.15, 0.2) is 5.82 Å². The minimum absolute atomic E-state index is 0.650. The molecular formula is C46H26N6O. The van der Waals surface area contributed by atoms with Crippen molar-refractivity contribution in [1.82, 2.24) is 29.1 Å². The van der Waals surface area contributed by atoms with Crippen LogP contribution in [0, 0.1) is 0 Å². The highest BCUT2D eigenvalue weighted by atomic mass is 16.3. The van der Waals surface area contributed by atoms with E-state index in [2.05, 4.69) is 112 Å². The van der Waals surface area contributed by atoms with Gasteiger partial charge >= 0.3 is 0 Å². The van der Waals surface area contributed by atoms with E-state index in [0.717, 1.165) is 99.2 Å². The molecule has 12 aromatic rings. The number of nitrogens with zero attached hydrogens (tertiary/aromatic N) is 6. The summed E-state index contributed by atoms with van der Waals surface area (Å²) >= 11 is 0. The lowest BCUT2D eigenvalue weighted by atomic mass is 10.1. The van der Waals surface area contributed by atoms with E-state index in [1.807, 2.05) is 54.9 Å². The van der Waals surface area contributed by atoms with Crippen LogP contribution >= 0.6 is 0 Å². The number of rotatable bonds is 3. The van der Waals surface area contributed by atoms with E-state index < -0.39 is 0 Å². The summed E-state index contributed by atoms with van der Waals surface area (Å²) in [6.45, 7) is 0. The molecular weight excluding hydrogens is 653 g/mol. The van der Waals surface area contributed by atoms with Crippen LogP contribution in [0.4, 0.5) is 0 Å². The molecule has 0 saturated carbocycles. The van der Waals surface area contributed by atoms with Crippen LogP contribution in [0.1, 0.15) is 0 Å². The Morgan fingerprint density at radius 2 is 1.17 bits per heavy atom. The lowest BCUT2D eigenvalue weighted by Gasteiger charge is -2.11. The van der Waals surface area contributed by atoms with Gasteiger partial charge in [-0.2, -0.15) is 0 Å². The highest BCUT2D eigenvalue weighted by Gasteiger charge is 2.22. The van der Waals surface area contributed by atoms with Gasteiger partial charge in [-0.1, -0.05) is 78.9 Å². The van der Waals surface area contributed by atoms with Crippen LogP contribution in [0.2, 0.25) is 0 Å². The minimum atomic E-state index is 0.650. The number of benzene rings is 6. The SMILES string of the molecule is c1cnc2c(c1)ccc1ccc(-n3c4ccccc4c4ccc5c(c6ccccc6n5-c5ccnc(-c6ccc7oc8ccccc8c7c6)n5)c43)nc12. The standard InChI is InChI=1S/C46H26N6O/c1-4-12-35-30(9-1)32-19-20-37-42(45(32)52(35)40-22-18-28-16-15-27-8-7-24-47-43(27)44(28)49-40)33-11-2-5-13-36(33)51(37)41-23-25-48-46(50-41)29-17-21-39-34(26-29)31-10-3-6-14-38(31)53-39/h1-26H. The fraction of sp³-hybridized carbons (Fsp3) is 0. The molecule has 0 radical (unpaired) electrons. The first kappa shape index (κ1) is 28.3. The third-order valence-electron chi connectivity index (χ3n) is 10.6. The minimum Gasteiger partial charge on any atom is -0.456 e. The van der Waals surface area contributed by atoms with Gasteiger partial charge in [-0.15, -0.1) is 0 Å². The van der Waals surface area contributed by atoms with Crippen molar-refractivity contribution in [2.45, 2.75) is 0 Å². The largest absolute Gasteiger partial charge is 0.456 e. The molecule has 6 aromatic carbocycles. The van der Waals surface area contributed by atoms with Crippen molar-refractivity contribution in [1.29, 1.82) is 0 Å². The van der Waals surface area contributed by atoms with Gasteiger partial charge < -0.3 is 4.42 Å². The Bertz CT molecular complexity index is 3480. The van der Waals surface area contributed by atoms with E-state index in [1.165, 1.54) is 5.39 Å². The van der Waals surface area contributed by atoms with Crippen LogP contribution in [-0.2, 0) is 0 Å². The zero-order chi connectivity index (χ0) is 34.6. The van der Waals surface area contributed by atoms with Crippen molar-refractivity contribution in [3.8, 4) is 23.0 Å². The van der Waals surface area contributed by atoms with Crippen molar-refractivity contribution in [3.05, 3.63) is 158 Å². The summed E-state index contributed by atoms with van der Waals surface area (Å²) in [5, 5.41) is 8.86. The van der Waals surface area contributed by atoms with Crippen molar-refractivity contribution in [2.75, 3.05) is 0 Å². The Morgan fingerprint density at radius 1 is 0.434 bits per heavy atom. The average molecular weight is 679 g/mol. The van der Waals surface area contributed by atoms with Crippen molar-refractivity contribution in [3.63, 3.8) is 0 Å². The predicted octanol–water partition coefficient (Wildman–Crippen LogP) is 11.3. The molecule has 7 nitrogen and oxygen atoms in total. The summed E-state index contributed by atoms with van der Waals surface area (Å²) in [7, 11) is 0. The zero-order valence-electron chi connectivity index (χ0n) is 28.1. The van der Waals surface area contributed by atoms with Gasteiger partial charge in [-0.05, 0) is 66.7 Å². The van der Waals surface area contributed by atoms with E-state index in [1.54, 1.807) is 0 Å². The first-order valence-corrected chi connectivity index (χ1v) is 17.6. The molecule has 0 aliphatic heterocycles. The molecule has 53 heavy (non-hydrogen) atoms. The topological polar surface area (TPSA) is 74.6 Å². The second-order valence-electron chi connectivity index (χ2n) is 13.5. The summed E-state index contributed by atoms with van der Waals surface area (Å²) in [5.74, 6) is 2.29. The predicted molar refractivity (Wildman–Crippen MR) is 214 cm³/mol. The second kappa shape index (κ2) is 10.6. The molecule has 0 N–H and O–H groups in total. The summed E-state index contributed by atoms with van der Waals surface area (Å²) < 4.78 is 10.7. The molecule has 0 amide bonds. The molecule has 12 rings (SSSR count). The van der Waals surface area contributed by atoms with Crippen molar-refractivity contribution in [2.24, 2.45) is 0 Å². The third kappa shape index (κ3) is 3.98. The van der Waals surface area contributed by atoms with Crippen LogP contribution < -0.4 is 0 Å². The summed E-state index contributed by atoms with van der Waals surface area (Å²) in [6.07, 6.45) is 3.69. The molecule has 0 aliphatic rings. The number of furan rings is 1. The molecule has 0 saturated heterocycles. The van der Waals surface area contributed by atoms with Gasteiger partial charge in [-0.3, -0.25) is 14.1 Å². The summed E-state index contributed by atoms with van der Waals surface area (Å²) in [4.78, 5) is 20.1. The number of hydrogen-bond donors (Lipinski definition) is 0. The Kier molecular flexibility index (Phi) is 5.65. The maximum atomic E-state index is 6.11. The fourth-order valence-electron chi connectivity index (χ4n) is 8.31. The third-order valence-corrected chi connectivity index (χ3v) is 10.6. The molecule has 0 aliphatic carbocycles. The van der Waals surface area contributed by atoms with Crippen molar-refractivity contribution >= 4 is 87.4 Å². The molecule has 0 unspecified atom stereocenters. The Balaban J connectivity index is 1.13. The number of hydrogen-bond acceptors (Lipinski definition) is 5. The highest BCUT2D eigenvalue weighted by Crippen LogP contribution is 2.42. The molecule has 0 atom stereocenters. The molecule has 6 aromatic heterocycles. The van der Waals surface area contributed by atoms with E-state index in [-0.39, 0.29) is 0 Å². The zero-order valence-corrected chi connectivity index (χ0v) is 28.1. The maximum Gasteiger partial charge on any atom is 0.161 e. The summed E-state index contributed by atoms with van der Waals surface area (Å²) in [6, 6.07) is 50.5. The van der Waals surface area contributed by atoms with E-state index in [4.69, 9.17) is 24.4 Å². The van der Waals surface area contributed by atoms with Gasteiger partial charge in [0.1, 0.15) is 22.8 Å². The Morgan fingerprint density at radius 3 is 2.08 bits per heavy atom. The number of aromatic nitrogens is 6. The number of fused-ring (bicyclic) bond motifs is 13. The van der Waals surface area contributed by atoms with Crippen LogP contribution in [0.25, 0.3) is 110 Å². The van der Waals surface area contributed by atoms with Gasteiger partial charge in [0.25, 0.3) is 0 Å². The monoisotopic (exact) mass is 678 g/mol. The molecule has 6 heterocycles. The molecule has 246 valence electrons. The number of pyridine rings is 2. The molecule has 0 bridgehead atoms. The lowest BCUT2D eigenvalue weighted by molar-refractivity contribution is 0.669. The average Bonchev–Trinajstić information content (AvgIpc) is 3.88. The first-order valence-electron chi connectivity index (χ1n) is 17.6. The van der Waals surface area contributed by atoms with E-state index >= 15 is 0 Å². The normalized spacial score (nSPS) is 12.2. The van der Waals surface area contributed by atoms with Gasteiger partial charge in [0.2, 0.25) is 0 Å². The Hall–Kier alpha value is -7.38. The summed E-state index contributed by atoms with van der Waals surface area (Å²) in [5.41, 5.74) is 8.74.